The molecule has 0 aromatic heterocycles. The molecule has 28 heavy (non-hydrogen) atoms. The van der Waals surface area contributed by atoms with Crippen LogP contribution in [0.4, 0.5) is 5.69 Å². The molecule has 150 valence electrons. The van der Waals surface area contributed by atoms with Crippen LogP contribution in [0.1, 0.15) is 29.8 Å². The second kappa shape index (κ2) is 10.9. The number of hydrogen-bond acceptors (Lipinski definition) is 3. The van der Waals surface area contributed by atoms with Crippen molar-refractivity contribution in [2.75, 3.05) is 38.3 Å². The third kappa shape index (κ3) is 6.39. The molecule has 0 saturated heterocycles. The van der Waals surface area contributed by atoms with Gasteiger partial charge in [-0.25, -0.2) is 0 Å². The number of thioether (sulfide) groups is 1. The maximum Gasteiger partial charge on any atom is 0.279 e. The van der Waals surface area contributed by atoms with Crippen LogP contribution < -0.4 is 10.2 Å². The first-order chi connectivity index (χ1) is 13.5. The van der Waals surface area contributed by atoms with Crippen LogP contribution >= 0.6 is 11.8 Å². The molecular formula is C22H30N3O2S+. The summed E-state index contributed by atoms with van der Waals surface area (Å²) in [4.78, 5) is 29.0. The number of rotatable bonds is 9. The second-order valence-electron chi connectivity index (χ2n) is 6.77. The van der Waals surface area contributed by atoms with Gasteiger partial charge in [-0.2, -0.15) is 0 Å². The molecule has 1 atom stereocenters. The second-order valence-corrected chi connectivity index (χ2v) is 7.64. The summed E-state index contributed by atoms with van der Waals surface area (Å²) < 4.78 is 0. The van der Waals surface area contributed by atoms with Crippen LogP contribution in [0, 0.1) is 0 Å². The van der Waals surface area contributed by atoms with Gasteiger partial charge in [0.25, 0.3) is 11.8 Å². The molecule has 0 fully saturated rings. The maximum absolute atomic E-state index is 12.5. The first-order valence-electron chi connectivity index (χ1n) is 9.60. The fourth-order valence-electron chi connectivity index (χ4n) is 3.06. The van der Waals surface area contributed by atoms with E-state index in [4.69, 9.17) is 0 Å². The summed E-state index contributed by atoms with van der Waals surface area (Å²) in [5.74, 6) is -0.0804. The summed E-state index contributed by atoms with van der Waals surface area (Å²) in [6.07, 6.45) is 2.06. The number of anilines is 1. The standard InChI is InChI=1S/C22H29N3O2S/c1-5-25(6-2)22(27)18-8-7-9-19(14-18)23-21(26)16-24(3)15-17-10-12-20(28-4)13-11-17/h7-14H,5-6,15-16H2,1-4H3,(H,23,26)/p+1. The van der Waals surface area contributed by atoms with Crippen molar-refractivity contribution in [3.05, 3.63) is 59.7 Å². The van der Waals surface area contributed by atoms with Gasteiger partial charge >= 0.3 is 0 Å². The van der Waals surface area contributed by atoms with Crippen molar-refractivity contribution >= 4 is 29.3 Å². The summed E-state index contributed by atoms with van der Waals surface area (Å²) in [6, 6.07) is 15.6. The first kappa shape index (κ1) is 22.0. The van der Waals surface area contributed by atoms with Gasteiger partial charge in [-0.15, -0.1) is 11.8 Å². The molecule has 6 heteroatoms. The number of nitrogens with zero attached hydrogens (tertiary/aromatic N) is 1. The minimum atomic E-state index is -0.0642. The van der Waals surface area contributed by atoms with Crippen molar-refractivity contribution in [3.8, 4) is 0 Å². The van der Waals surface area contributed by atoms with Gasteiger partial charge in [-0.05, 0) is 50.4 Å². The highest BCUT2D eigenvalue weighted by molar-refractivity contribution is 7.98. The van der Waals surface area contributed by atoms with Crippen LogP contribution in [-0.4, -0.2) is 49.7 Å². The molecule has 2 N–H and O–H groups in total. The summed E-state index contributed by atoms with van der Waals surface area (Å²) in [5, 5.41) is 2.91. The van der Waals surface area contributed by atoms with Crippen molar-refractivity contribution in [1.29, 1.82) is 0 Å². The third-order valence-corrected chi connectivity index (χ3v) is 5.31. The molecule has 5 nitrogen and oxygen atoms in total. The highest BCUT2D eigenvalue weighted by Crippen LogP contribution is 2.14. The van der Waals surface area contributed by atoms with Crippen molar-refractivity contribution in [2.45, 2.75) is 25.3 Å². The number of carbonyl (C=O) groups excluding carboxylic acids is 2. The molecule has 0 aliphatic heterocycles. The number of carbonyl (C=O) groups is 2. The average molecular weight is 401 g/mol. The lowest BCUT2D eigenvalue weighted by Gasteiger charge is -2.19. The van der Waals surface area contributed by atoms with E-state index in [-0.39, 0.29) is 11.8 Å². The Balaban J connectivity index is 1.93. The lowest BCUT2D eigenvalue weighted by molar-refractivity contribution is -0.885. The number of hydrogen-bond donors (Lipinski definition) is 2. The maximum atomic E-state index is 12.5. The fourth-order valence-corrected chi connectivity index (χ4v) is 3.47. The molecule has 0 saturated carbocycles. The highest BCUT2D eigenvalue weighted by atomic mass is 32.2. The smallest absolute Gasteiger partial charge is 0.279 e. The van der Waals surface area contributed by atoms with Gasteiger partial charge in [0.1, 0.15) is 6.54 Å². The van der Waals surface area contributed by atoms with E-state index in [9.17, 15) is 9.59 Å². The molecule has 2 rings (SSSR count). The Kier molecular flexibility index (Phi) is 8.54. The Morgan fingerprint density at radius 1 is 1.07 bits per heavy atom. The predicted molar refractivity (Wildman–Crippen MR) is 116 cm³/mol. The number of amides is 2. The summed E-state index contributed by atoms with van der Waals surface area (Å²) in [5.41, 5.74) is 2.45. The zero-order valence-corrected chi connectivity index (χ0v) is 17.9. The van der Waals surface area contributed by atoms with E-state index in [1.807, 2.05) is 27.0 Å². The summed E-state index contributed by atoms with van der Waals surface area (Å²) >= 11 is 1.72. The van der Waals surface area contributed by atoms with Crippen LogP contribution in [-0.2, 0) is 11.3 Å². The molecule has 0 heterocycles. The fraction of sp³-hybridized carbons (Fsp3) is 0.364. The van der Waals surface area contributed by atoms with Crippen LogP contribution in [0.5, 0.6) is 0 Å². The Labute approximate surface area is 172 Å². The van der Waals surface area contributed by atoms with Gasteiger partial charge in [0.15, 0.2) is 6.54 Å². The molecule has 0 radical (unpaired) electrons. The van der Waals surface area contributed by atoms with E-state index in [1.54, 1.807) is 34.9 Å². The van der Waals surface area contributed by atoms with Gasteiger partial charge < -0.3 is 15.1 Å². The minimum Gasteiger partial charge on any atom is -0.339 e. The Hall–Kier alpha value is -2.31. The Morgan fingerprint density at radius 3 is 2.36 bits per heavy atom. The normalized spacial score (nSPS) is 11.7. The zero-order valence-electron chi connectivity index (χ0n) is 17.1. The number of likely N-dealkylation sites (N-methyl/N-ethyl adjacent to an activating group) is 1. The SMILES string of the molecule is CCN(CC)C(=O)c1cccc(NC(=O)C[NH+](C)Cc2ccc(SC)cc2)c1. The van der Waals surface area contributed by atoms with Gasteiger partial charge in [0.2, 0.25) is 0 Å². The van der Waals surface area contributed by atoms with E-state index in [1.165, 1.54) is 10.5 Å². The molecule has 0 aliphatic rings. The Morgan fingerprint density at radius 2 is 1.75 bits per heavy atom. The van der Waals surface area contributed by atoms with E-state index in [0.717, 1.165) is 11.4 Å². The molecule has 0 bridgehead atoms. The largest absolute Gasteiger partial charge is 0.339 e. The molecule has 2 aromatic carbocycles. The van der Waals surface area contributed by atoms with Crippen molar-refractivity contribution in [2.24, 2.45) is 0 Å². The highest BCUT2D eigenvalue weighted by Gasteiger charge is 2.15. The monoisotopic (exact) mass is 400 g/mol. The minimum absolute atomic E-state index is 0.0162. The molecule has 2 aromatic rings. The molecule has 1 unspecified atom stereocenters. The summed E-state index contributed by atoms with van der Waals surface area (Å²) in [6.45, 7) is 6.39. The van der Waals surface area contributed by atoms with Crippen LogP contribution in [0.15, 0.2) is 53.4 Å². The topological polar surface area (TPSA) is 53.9 Å². The van der Waals surface area contributed by atoms with E-state index in [0.29, 0.717) is 30.9 Å². The quantitative estimate of drug-likeness (QED) is 0.636. The molecule has 0 spiro atoms. The Bertz CT molecular complexity index is 789. The van der Waals surface area contributed by atoms with Gasteiger partial charge in [0.05, 0.1) is 7.05 Å². The number of quaternary nitrogens is 1. The molecular weight excluding hydrogens is 370 g/mol. The third-order valence-electron chi connectivity index (χ3n) is 4.57. The van der Waals surface area contributed by atoms with E-state index in [2.05, 4.69) is 35.8 Å². The summed E-state index contributed by atoms with van der Waals surface area (Å²) in [7, 11) is 2.00. The van der Waals surface area contributed by atoms with Gasteiger partial charge in [-0.3, -0.25) is 9.59 Å². The van der Waals surface area contributed by atoms with Crippen LogP contribution in [0.3, 0.4) is 0 Å². The van der Waals surface area contributed by atoms with E-state index >= 15 is 0 Å². The molecule has 0 aliphatic carbocycles. The predicted octanol–water partition coefficient (Wildman–Crippen LogP) is 2.54. The average Bonchev–Trinajstić information content (AvgIpc) is 2.69. The molecule has 2 amide bonds. The lowest BCUT2D eigenvalue weighted by Crippen LogP contribution is -3.08. The number of benzene rings is 2. The van der Waals surface area contributed by atoms with Gasteiger partial charge in [0, 0.05) is 34.8 Å². The first-order valence-corrected chi connectivity index (χ1v) is 10.8. The van der Waals surface area contributed by atoms with Crippen molar-refractivity contribution in [1.82, 2.24) is 4.90 Å². The zero-order chi connectivity index (χ0) is 20.5. The van der Waals surface area contributed by atoms with E-state index < -0.39 is 0 Å². The van der Waals surface area contributed by atoms with Crippen molar-refractivity contribution in [3.63, 3.8) is 0 Å². The van der Waals surface area contributed by atoms with Gasteiger partial charge in [-0.1, -0.05) is 18.2 Å². The van der Waals surface area contributed by atoms with Crippen LogP contribution in [0.2, 0.25) is 0 Å². The lowest BCUT2D eigenvalue weighted by atomic mass is 10.1. The van der Waals surface area contributed by atoms with Crippen molar-refractivity contribution < 1.29 is 14.5 Å². The number of nitrogens with one attached hydrogen (secondary N) is 2. The van der Waals surface area contributed by atoms with Crippen LogP contribution in [0.25, 0.3) is 0 Å².